The third-order valence-corrected chi connectivity index (χ3v) is 6.73. The van der Waals surface area contributed by atoms with Crippen LogP contribution in [0.4, 0.5) is 10.1 Å². The lowest BCUT2D eigenvalue weighted by Gasteiger charge is -2.35. The number of hydrogen-bond acceptors (Lipinski definition) is 6. The van der Waals surface area contributed by atoms with Crippen molar-refractivity contribution >= 4 is 39.4 Å². The van der Waals surface area contributed by atoms with Crippen LogP contribution in [0.1, 0.15) is 0 Å². The predicted octanol–water partition coefficient (Wildman–Crippen LogP) is 4.89. The Hall–Kier alpha value is -3.59. The average molecular weight is 488 g/mol. The standard InChI is InChI=1S/C26H23ClFN7/c1-29-35-11-9-34(10-12-35)17-14-23-20(31-15-17)6-7-21(32-23)24-25(18-13-16(27)4-5-19(18)28)33-22-3-2-8-30-26(22)24/h2-8,13-15,29,33H,9-12H2,1H3. The molecular weight excluding hydrogens is 465 g/mol. The van der Waals surface area contributed by atoms with Gasteiger partial charge in [-0.3, -0.25) is 15.4 Å². The van der Waals surface area contributed by atoms with E-state index in [1.54, 1.807) is 18.3 Å². The molecule has 6 rings (SSSR count). The van der Waals surface area contributed by atoms with Crippen molar-refractivity contribution in [3.8, 4) is 22.5 Å². The molecule has 5 aromatic rings. The summed E-state index contributed by atoms with van der Waals surface area (Å²) in [4.78, 5) is 19.8. The maximum Gasteiger partial charge on any atom is 0.132 e. The number of aromatic amines is 1. The minimum atomic E-state index is -0.368. The van der Waals surface area contributed by atoms with E-state index in [1.165, 1.54) is 6.07 Å². The normalized spacial score (nSPS) is 14.8. The van der Waals surface area contributed by atoms with Crippen LogP contribution < -0.4 is 10.3 Å². The third kappa shape index (κ3) is 3.99. The monoisotopic (exact) mass is 487 g/mol. The Labute approximate surface area is 206 Å². The number of rotatable bonds is 4. The van der Waals surface area contributed by atoms with Crippen LogP contribution in [0.5, 0.6) is 0 Å². The Morgan fingerprint density at radius 2 is 1.86 bits per heavy atom. The second-order valence-corrected chi connectivity index (χ2v) is 8.96. The Kier molecular flexibility index (Phi) is 5.56. The highest BCUT2D eigenvalue weighted by Gasteiger charge is 2.21. The quantitative estimate of drug-likeness (QED) is 0.376. The molecule has 0 spiro atoms. The summed E-state index contributed by atoms with van der Waals surface area (Å²) in [6.07, 6.45) is 3.63. The molecular formula is C26H23ClFN7. The SMILES string of the molecule is CNN1CCN(c2cnc3ccc(-c4c(-c5cc(Cl)ccc5F)[nH]c5cccnc45)nc3c2)CC1. The van der Waals surface area contributed by atoms with E-state index in [0.29, 0.717) is 22.0 Å². The number of hydrogen-bond donors (Lipinski definition) is 2. The number of fused-ring (bicyclic) bond motifs is 2. The van der Waals surface area contributed by atoms with Crippen LogP contribution in [0.3, 0.4) is 0 Å². The van der Waals surface area contributed by atoms with E-state index < -0.39 is 0 Å². The largest absolute Gasteiger partial charge is 0.368 e. The van der Waals surface area contributed by atoms with Crippen molar-refractivity contribution in [1.82, 2.24) is 30.4 Å². The van der Waals surface area contributed by atoms with Crippen LogP contribution in [0.15, 0.2) is 60.9 Å². The second kappa shape index (κ2) is 8.88. The molecule has 0 bridgehead atoms. The molecule has 0 atom stereocenters. The number of nitrogens with zero attached hydrogens (tertiary/aromatic N) is 5. The van der Waals surface area contributed by atoms with Gasteiger partial charge in [-0.05, 0) is 55.6 Å². The molecule has 1 fully saturated rings. The van der Waals surface area contributed by atoms with Crippen LogP contribution in [-0.2, 0) is 0 Å². The summed E-state index contributed by atoms with van der Waals surface area (Å²) in [7, 11) is 1.95. The van der Waals surface area contributed by atoms with E-state index in [9.17, 15) is 4.39 Å². The molecule has 2 N–H and O–H groups in total. The molecule has 4 aromatic heterocycles. The number of benzene rings is 1. The number of H-pyrrole nitrogens is 1. The van der Waals surface area contributed by atoms with Crippen molar-refractivity contribution < 1.29 is 4.39 Å². The van der Waals surface area contributed by atoms with Crippen LogP contribution in [-0.4, -0.2) is 58.2 Å². The molecule has 1 saturated heterocycles. The number of aromatic nitrogens is 4. The summed E-state index contributed by atoms with van der Waals surface area (Å²) < 4.78 is 14.9. The number of pyridine rings is 3. The van der Waals surface area contributed by atoms with E-state index in [1.807, 2.05) is 37.5 Å². The molecule has 0 radical (unpaired) electrons. The highest BCUT2D eigenvalue weighted by atomic mass is 35.5. The van der Waals surface area contributed by atoms with Gasteiger partial charge in [0.1, 0.15) is 5.82 Å². The van der Waals surface area contributed by atoms with E-state index in [-0.39, 0.29) is 5.82 Å². The van der Waals surface area contributed by atoms with Crippen molar-refractivity contribution in [2.24, 2.45) is 0 Å². The van der Waals surface area contributed by atoms with Gasteiger partial charge in [0, 0.05) is 43.0 Å². The predicted molar refractivity (Wildman–Crippen MR) is 138 cm³/mol. The maximum atomic E-state index is 14.9. The van der Waals surface area contributed by atoms with E-state index >= 15 is 0 Å². The summed E-state index contributed by atoms with van der Waals surface area (Å²) in [5.41, 5.74) is 9.74. The fraction of sp³-hybridized carbons (Fsp3) is 0.192. The van der Waals surface area contributed by atoms with Crippen molar-refractivity contribution in [1.29, 1.82) is 0 Å². The van der Waals surface area contributed by atoms with Crippen molar-refractivity contribution in [3.63, 3.8) is 0 Å². The number of piperazine rings is 1. The highest BCUT2D eigenvalue weighted by Crippen LogP contribution is 2.39. The zero-order chi connectivity index (χ0) is 23.9. The van der Waals surface area contributed by atoms with Gasteiger partial charge in [0.25, 0.3) is 0 Å². The lowest BCUT2D eigenvalue weighted by Crippen LogP contribution is -2.50. The fourth-order valence-electron chi connectivity index (χ4n) is 4.66. The third-order valence-electron chi connectivity index (χ3n) is 6.49. The van der Waals surface area contributed by atoms with Crippen molar-refractivity contribution in [3.05, 3.63) is 71.8 Å². The molecule has 0 saturated carbocycles. The van der Waals surface area contributed by atoms with Gasteiger partial charge in [-0.15, -0.1) is 0 Å². The molecule has 0 aliphatic carbocycles. The van der Waals surface area contributed by atoms with E-state index in [0.717, 1.165) is 59.5 Å². The summed E-state index contributed by atoms with van der Waals surface area (Å²) in [6, 6.07) is 14.2. The topological polar surface area (TPSA) is 73.0 Å². The zero-order valence-corrected chi connectivity index (χ0v) is 19.8. The van der Waals surface area contributed by atoms with E-state index in [4.69, 9.17) is 16.6 Å². The van der Waals surface area contributed by atoms with E-state index in [2.05, 4.69) is 36.4 Å². The Morgan fingerprint density at radius 1 is 1.00 bits per heavy atom. The minimum absolute atomic E-state index is 0.368. The second-order valence-electron chi connectivity index (χ2n) is 8.52. The lowest BCUT2D eigenvalue weighted by molar-refractivity contribution is 0.195. The highest BCUT2D eigenvalue weighted by molar-refractivity contribution is 6.30. The summed E-state index contributed by atoms with van der Waals surface area (Å²) >= 11 is 6.22. The summed E-state index contributed by atoms with van der Waals surface area (Å²) in [5.74, 6) is -0.368. The smallest absolute Gasteiger partial charge is 0.132 e. The fourth-order valence-corrected chi connectivity index (χ4v) is 4.83. The molecule has 9 heteroatoms. The molecule has 1 aromatic carbocycles. The summed E-state index contributed by atoms with van der Waals surface area (Å²) in [5, 5.41) is 2.65. The first-order chi connectivity index (χ1) is 17.1. The van der Waals surface area contributed by atoms with Gasteiger partial charge in [-0.2, -0.15) is 0 Å². The molecule has 1 aliphatic heterocycles. The zero-order valence-electron chi connectivity index (χ0n) is 19.1. The minimum Gasteiger partial charge on any atom is -0.368 e. The van der Waals surface area contributed by atoms with Crippen molar-refractivity contribution in [2.45, 2.75) is 0 Å². The lowest BCUT2D eigenvalue weighted by atomic mass is 10.0. The molecule has 35 heavy (non-hydrogen) atoms. The van der Waals surface area contributed by atoms with Gasteiger partial charge in [0.15, 0.2) is 0 Å². The van der Waals surface area contributed by atoms with Crippen LogP contribution in [0.25, 0.3) is 44.6 Å². The van der Waals surface area contributed by atoms with Gasteiger partial charge in [-0.1, -0.05) is 11.6 Å². The van der Waals surface area contributed by atoms with Gasteiger partial charge >= 0.3 is 0 Å². The van der Waals surface area contributed by atoms with Gasteiger partial charge in [-0.25, -0.2) is 14.4 Å². The molecule has 7 nitrogen and oxygen atoms in total. The number of anilines is 1. The van der Waals surface area contributed by atoms with Crippen LogP contribution in [0.2, 0.25) is 5.02 Å². The number of halogens is 2. The molecule has 5 heterocycles. The van der Waals surface area contributed by atoms with Crippen LogP contribution in [0, 0.1) is 5.82 Å². The average Bonchev–Trinajstić information content (AvgIpc) is 3.29. The molecule has 0 unspecified atom stereocenters. The summed E-state index contributed by atoms with van der Waals surface area (Å²) in [6.45, 7) is 3.66. The van der Waals surface area contributed by atoms with Crippen LogP contribution >= 0.6 is 11.6 Å². The number of nitrogens with one attached hydrogen (secondary N) is 2. The molecule has 0 amide bonds. The van der Waals surface area contributed by atoms with Gasteiger partial charge in [0.2, 0.25) is 0 Å². The van der Waals surface area contributed by atoms with Crippen molar-refractivity contribution in [2.75, 3.05) is 38.1 Å². The first-order valence-corrected chi connectivity index (χ1v) is 11.8. The molecule has 1 aliphatic rings. The molecule has 176 valence electrons. The first kappa shape index (κ1) is 21.9. The maximum absolute atomic E-state index is 14.9. The first-order valence-electron chi connectivity index (χ1n) is 11.5. The van der Waals surface area contributed by atoms with Gasteiger partial charge < -0.3 is 9.88 Å². The Morgan fingerprint density at radius 3 is 2.69 bits per heavy atom. The Balaban J connectivity index is 1.48. The van der Waals surface area contributed by atoms with Gasteiger partial charge in [0.05, 0.1) is 50.9 Å². The Bertz CT molecular complexity index is 1540. The number of hydrazine groups is 1.